The standard InChI is InChI=1S/C11H18O2/c1-8-9(12)6-5-7-10(8)13-11(2,3)4/h5-7H2,1-4H3. The van der Waals surface area contributed by atoms with Crippen LogP contribution in [0.4, 0.5) is 0 Å². The highest BCUT2D eigenvalue weighted by Crippen LogP contribution is 2.26. The fourth-order valence-corrected chi connectivity index (χ4v) is 1.44. The van der Waals surface area contributed by atoms with E-state index in [1.807, 2.05) is 27.7 Å². The van der Waals surface area contributed by atoms with Gasteiger partial charge in [-0.2, -0.15) is 0 Å². The van der Waals surface area contributed by atoms with Gasteiger partial charge in [-0.25, -0.2) is 0 Å². The number of carbonyl (C=O) groups excluding carboxylic acids is 1. The van der Waals surface area contributed by atoms with Gasteiger partial charge in [-0.15, -0.1) is 0 Å². The van der Waals surface area contributed by atoms with Crippen molar-refractivity contribution in [1.29, 1.82) is 0 Å². The van der Waals surface area contributed by atoms with Gasteiger partial charge in [0.2, 0.25) is 0 Å². The van der Waals surface area contributed by atoms with Crippen LogP contribution in [0.25, 0.3) is 0 Å². The van der Waals surface area contributed by atoms with Crippen LogP contribution in [0.3, 0.4) is 0 Å². The normalized spacial score (nSPS) is 19.2. The zero-order chi connectivity index (χ0) is 10.1. The second-order valence-electron chi connectivity index (χ2n) is 4.54. The van der Waals surface area contributed by atoms with Crippen LogP contribution in [0.5, 0.6) is 0 Å². The summed E-state index contributed by atoms with van der Waals surface area (Å²) in [5, 5.41) is 0. The molecule has 0 aromatic heterocycles. The molecule has 0 aromatic rings. The zero-order valence-corrected chi connectivity index (χ0v) is 8.94. The first-order chi connectivity index (χ1) is 5.90. The number of ether oxygens (including phenoxy) is 1. The van der Waals surface area contributed by atoms with E-state index in [0.717, 1.165) is 24.2 Å². The summed E-state index contributed by atoms with van der Waals surface area (Å²) in [5.74, 6) is 1.13. The van der Waals surface area contributed by atoms with Gasteiger partial charge < -0.3 is 4.74 Å². The summed E-state index contributed by atoms with van der Waals surface area (Å²) < 4.78 is 5.72. The molecule has 1 aliphatic carbocycles. The molecule has 13 heavy (non-hydrogen) atoms. The van der Waals surface area contributed by atoms with Crippen LogP contribution in [0.1, 0.15) is 47.0 Å². The first-order valence-electron chi connectivity index (χ1n) is 4.82. The van der Waals surface area contributed by atoms with E-state index in [2.05, 4.69) is 0 Å². The average Bonchev–Trinajstić information content (AvgIpc) is 1.96. The van der Waals surface area contributed by atoms with Gasteiger partial charge in [-0.1, -0.05) is 0 Å². The van der Waals surface area contributed by atoms with Crippen molar-refractivity contribution in [2.45, 2.75) is 52.6 Å². The molecule has 0 fully saturated rings. The van der Waals surface area contributed by atoms with Crippen molar-refractivity contribution in [3.63, 3.8) is 0 Å². The predicted molar refractivity (Wildman–Crippen MR) is 52.4 cm³/mol. The predicted octanol–water partition coefficient (Wildman–Crippen LogP) is 2.83. The van der Waals surface area contributed by atoms with Gasteiger partial charge >= 0.3 is 0 Å². The van der Waals surface area contributed by atoms with Crippen LogP contribution in [0.15, 0.2) is 11.3 Å². The highest BCUT2D eigenvalue weighted by atomic mass is 16.5. The number of Topliss-reactive ketones (excluding diaryl/α,β-unsaturated/α-hetero) is 1. The van der Waals surface area contributed by atoms with Crippen molar-refractivity contribution in [2.24, 2.45) is 0 Å². The molecule has 0 atom stereocenters. The molecule has 2 heteroatoms. The summed E-state index contributed by atoms with van der Waals surface area (Å²) >= 11 is 0. The molecular weight excluding hydrogens is 164 g/mol. The molecule has 1 aliphatic rings. The third-order valence-corrected chi connectivity index (χ3v) is 2.07. The Morgan fingerprint density at radius 1 is 1.23 bits per heavy atom. The Labute approximate surface area is 80.0 Å². The molecule has 0 spiro atoms. The topological polar surface area (TPSA) is 26.3 Å². The molecule has 0 aliphatic heterocycles. The molecule has 0 bridgehead atoms. The fraction of sp³-hybridized carbons (Fsp3) is 0.727. The zero-order valence-electron chi connectivity index (χ0n) is 8.94. The number of allylic oxidation sites excluding steroid dienone is 2. The SMILES string of the molecule is CC1=C(OC(C)(C)C)CCCC1=O. The van der Waals surface area contributed by atoms with Crippen LogP contribution < -0.4 is 0 Å². The lowest BCUT2D eigenvalue weighted by Gasteiger charge is -2.26. The van der Waals surface area contributed by atoms with Crippen molar-refractivity contribution in [3.05, 3.63) is 11.3 Å². The van der Waals surface area contributed by atoms with Crippen LogP contribution in [-0.4, -0.2) is 11.4 Å². The van der Waals surface area contributed by atoms with E-state index in [0.29, 0.717) is 6.42 Å². The van der Waals surface area contributed by atoms with Gasteiger partial charge in [0.15, 0.2) is 5.78 Å². The smallest absolute Gasteiger partial charge is 0.161 e. The second kappa shape index (κ2) is 3.52. The second-order valence-corrected chi connectivity index (χ2v) is 4.54. The van der Waals surface area contributed by atoms with Crippen molar-refractivity contribution in [1.82, 2.24) is 0 Å². The molecule has 0 unspecified atom stereocenters. The van der Waals surface area contributed by atoms with Gasteiger partial charge in [0.1, 0.15) is 11.4 Å². The van der Waals surface area contributed by atoms with Crippen molar-refractivity contribution in [3.8, 4) is 0 Å². The van der Waals surface area contributed by atoms with E-state index in [4.69, 9.17) is 4.74 Å². The van der Waals surface area contributed by atoms with Crippen molar-refractivity contribution in [2.75, 3.05) is 0 Å². The molecule has 1 rings (SSSR count). The van der Waals surface area contributed by atoms with Gasteiger partial charge in [-0.05, 0) is 34.1 Å². The monoisotopic (exact) mass is 182 g/mol. The molecule has 0 saturated carbocycles. The Morgan fingerprint density at radius 3 is 2.38 bits per heavy atom. The largest absolute Gasteiger partial charge is 0.492 e. The number of rotatable bonds is 1. The van der Waals surface area contributed by atoms with Crippen molar-refractivity contribution >= 4 is 5.78 Å². The molecule has 0 N–H and O–H groups in total. The van der Waals surface area contributed by atoms with E-state index >= 15 is 0 Å². The Morgan fingerprint density at radius 2 is 1.85 bits per heavy atom. The lowest BCUT2D eigenvalue weighted by molar-refractivity contribution is -0.116. The Hall–Kier alpha value is -0.790. The van der Waals surface area contributed by atoms with E-state index < -0.39 is 0 Å². The Kier molecular flexibility index (Phi) is 2.79. The van der Waals surface area contributed by atoms with Crippen molar-refractivity contribution < 1.29 is 9.53 Å². The first-order valence-corrected chi connectivity index (χ1v) is 4.82. The minimum Gasteiger partial charge on any atom is -0.492 e. The highest BCUT2D eigenvalue weighted by molar-refractivity contribution is 5.95. The van der Waals surface area contributed by atoms with Crippen LogP contribution >= 0.6 is 0 Å². The van der Waals surface area contributed by atoms with Crippen LogP contribution in [-0.2, 0) is 9.53 Å². The molecule has 0 amide bonds. The van der Waals surface area contributed by atoms with E-state index in [1.165, 1.54) is 0 Å². The van der Waals surface area contributed by atoms with E-state index in [1.54, 1.807) is 0 Å². The Balaban J connectivity index is 2.78. The highest BCUT2D eigenvalue weighted by Gasteiger charge is 2.21. The number of hydrogen-bond acceptors (Lipinski definition) is 2. The minimum absolute atomic E-state index is 0.186. The maximum Gasteiger partial charge on any atom is 0.161 e. The lowest BCUT2D eigenvalue weighted by Crippen LogP contribution is -2.22. The molecule has 0 aromatic carbocycles. The Bertz CT molecular complexity index is 243. The summed E-state index contributed by atoms with van der Waals surface area (Å²) in [7, 11) is 0. The number of hydrogen-bond donors (Lipinski definition) is 0. The molecule has 0 radical (unpaired) electrons. The minimum atomic E-state index is -0.186. The van der Waals surface area contributed by atoms with Crippen LogP contribution in [0.2, 0.25) is 0 Å². The molecular formula is C11H18O2. The van der Waals surface area contributed by atoms with Gasteiger partial charge in [0.25, 0.3) is 0 Å². The van der Waals surface area contributed by atoms with Gasteiger partial charge in [0.05, 0.1) is 0 Å². The molecule has 0 saturated heterocycles. The summed E-state index contributed by atoms with van der Waals surface area (Å²) in [6.07, 6.45) is 2.53. The maximum absolute atomic E-state index is 11.4. The van der Waals surface area contributed by atoms with Gasteiger partial charge in [-0.3, -0.25) is 4.79 Å². The summed E-state index contributed by atoms with van der Waals surface area (Å²) in [6.45, 7) is 7.88. The molecule has 2 nitrogen and oxygen atoms in total. The first kappa shape index (κ1) is 10.3. The summed E-state index contributed by atoms with van der Waals surface area (Å²) in [6, 6.07) is 0. The van der Waals surface area contributed by atoms with Gasteiger partial charge in [0, 0.05) is 18.4 Å². The van der Waals surface area contributed by atoms with E-state index in [9.17, 15) is 4.79 Å². The van der Waals surface area contributed by atoms with Crippen LogP contribution in [0, 0.1) is 0 Å². The third kappa shape index (κ3) is 2.87. The molecule has 0 heterocycles. The fourth-order valence-electron chi connectivity index (χ4n) is 1.44. The molecule has 74 valence electrons. The lowest BCUT2D eigenvalue weighted by atomic mass is 9.97. The summed E-state index contributed by atoms with van der Waals surface area (Å²) in [4.78, 5) is 11.4. The number of carbonyl (C=O) groups is 1. The average molecular weight is 182 g/mol. The van der Waals surface area contributed by atoms with E-state index in [-0.39, 0.29) is 11.4 Å². The quantitative estimate of drug-likeness (QED) is 0.623. The maximum atomic E-state index is 11.4. The number of ketones is 1. The summed E-state index contributed by atoms with van der Waals surface area (Å²) in [5.41, 5.74) is 0.634. The third-order valence-electron chi connectivity index (χ3n) is 2.07.